The van der Waals surface area contributed by atoms with Crippen molar-refractivity contribution in [2.24, 2.45) is 0 Å². The Bertz CT molecular complexity index is 502. The van der Waals surface area contributed by atoms with Crippen LogP contribution in [-0.2, 0) is 9.53 Å². The molecule has 1 unspecified atom stereocenters. The summed E-state index contributed by atoms with van der Waals surface area (Å²) >= 11 is 0. The van der Waals surface area contributed by atoms with Gasteiger partial charge in [0.05, 0.1) is 19.3 Å². The van der Waals surface area contributed by atoms with Crippen LogP contribution in [0.5, 0.6) is 11.5 Å². The second kappa shape index (κ2) is 8.11. The Morgan fingerprint density at radius 1 is 1.29 bits per heavy atom. The summed E-state index contributed by atoms with van der Waals surface area (Å²) in [5.41, 5.74) is 0.0800. The molecule has 0 saturated heterocycles. The lowest BCUT2D eigenvalue weighted by Gasteiger charge is -2.17. The highest BCUT2D eigenvalue weighted by Crippen LogP contribution is 2.29. The number of nitrogens with one attached hydrogen (secondary N) is 1. The molecule has 1 atom stereocenters. The van der Waals surface area contributed by atoms with Crippen molar-refractivity contribution in [2.45, 2.75) is 13.0 Å². The zero-order chi connectivity index (χ0) is 15.8. The van der Waals surface area contributed by atoms with Crippen LogP contribution in [-0.4, -0.2) is 50.5 Å². The summed E-state index contributed by atoms with van der Waals surface area (Å²) in [5.74, 6) is -0.801. The van der Waals surface area contributed by atoms with Crippen LogP contribution in [0.4, 0.5) is 0 Å². The fourth-order valence-corrected chi connectivity index (χ4v) is 1.56. The predicted molar refractivity (Wildman–Crippen MR) is 74.9 cm³/mol. The Hall–Kier alpha value is -2.28. The van der Waals surface area contributed by atoms with Crippen LogP contribution in [0, 0.1) is 0 Å². The van der Waals surface area contributed by atoms with Gasteiger partial charge in [0.15, 0.2) is 17.6 Å². The summed E-state index contributed by atoms with van der Waals surface area (Å²) in [6, 6.07) is 4.18. The van der Waals surface area contributed by atoms with Crippen LogP contribution in [0.25, 0.3) is 0 Å². The summed E-state index contributed by atoms with van der Waals surface area (Å²) in [6.45, 7) is 2.39. The van der Waals surface area contributed by atoms with E-state index in [9.17, 15) is 9.59 Å². The van der Waals surface area contributed by atoms with Crippen LogP contribution < -0.4 is 14.8 Å². The van der Waals surface area contributed by atoms with Gasteiger partial charge < -0.3 is 24.6 Å². The number of benzene rings is 1. The average Bonchev–Trinajstić information content (AvgIpc) is 2.47. The van der Waals surface area contributed by atoms with E-state index < -0.39 is 12.1 Å². The van der Waals surface area contributed by atoms with E-state index in [1.165, 1.54) is 25.3 Å². The maximum atomic E-state index is 11.8. The fourth-order valence-electron chi connectivity index (χ4n) is 1.56. The lowest BCUT2D eigenvalue weighted by atomic mass is 10.2. The lowest BCUT2D eigenvalue weighted by molar-refractivity contribution is -0.127. The topological polar surface area (TPSA) is 94.1 Å². The zero-order valence-electron chi connectivity index (χ0n) is 12.2. The van der Waals surface area contributed by atoms with Gasteiger partial charge in [-0.3, -0.25) is 4.79 Å². The van der Waals surface area contributed by atoms with Gasteiger partial charge in [0.25, 0.3) is 5.91 Å². The van der Waals surface area contributed by atoms with E-state index in [1.54, 1.807) is 14.0 Å². The minimum Gasteiger partial charge on any atom is -0.493 e. The standard InChI is InChI=1S/C14H19NO6/c1-9(13(16)15-6-7-19-2)21-11-5-4-10(14(17)18)8-12(11)20-3/h4-5,8-9H,6-7H2,1-3H3,(H,15,16)(H,17,18). The third-order valence-corrected chi connectivity index (χ3v) is 2.69. The van der Waals surface area contributed by atoms with Gasteiger partial charge in [0.2, 0.25) is 0 Å². The second-order valence-corrected chi connectivity index (χ2v) is 4.21. The molecule has 0 heterocycles. The minimum atomic E-state index is -1.06. The summed E-state index contributed by atoms with van der Waals surface area (Å²) in [7, 11) is 2.94. The summed E-state index contributed by atoms with van der Waals surface area (Å²) < 4.78 is 15.4. The molecule has 0 aliphatic rings. The van der Waals surface area contributed by atoms with Gasteiger partial charge in [-0.1, -0.05) is 0 Å². The zero-order valence-corrected chi connectivity index (χ0v) is 12.2. The van der Waals surface area contributed by atoms with Crippen molar-refractivity contribution in [2.75, 3.05) is 27.4 Å². The van der Waals surface area contributed by atoms with Gasteiger partial charge >= 0.3 is 5.97 Å². The molecule has 1 aromatic carbocycles. The van der Waals surface area contributed by atoms with E-state index in [4.69, 9.17) is 19.3 Å². The lowest BCUT2D eigenvalue weighted by Crippen LogP contribution is -2.38. The molecule has 116 valence electrons. The van der Waals surface area contributed by atoms with Gasteiger partial charge in [0, 0.05) is 13.7 Å². The first kappa shape index (κ1) is 16.8. The number of carbonyl (C=O) groups is 2. The molecule has 0 saturated carbocycles. The van der Waals surface area contributed by atoms with Crippen LogP contribution in [0.15, 0.2) is 18.2 Å². The van der Waals surface area contributed by atoms with Crippen molar-refractivity contribution in [1.82, 2.24) is 5.32 Å². The van der Waals surface area contributed by atoms with Crippen LogP contribution in [0.1, 0.15) is 17.3 Å². The molecule has 1 aromatic rings. The first-order chi connectivity index (χ1) is 9.99. The summed E-state index contributed by atoms with van der Waals surface area (Å²) in [4.78, 5) is 22.7. The van der Waals surface area contributed by atoms with Gasteiger partial charge in [-0.25, -0.2) is 4.79 Å². The molecule has 1 rings (SSSR count). The first-order valence-electron chi connectivity index (χ1n) is 6.34. The Labute approximate surface area is 122 Å². The maximum Gasteiger partial charge on any atom is 0.335 e. The van der Waals surface area contributed by atoms with Crippen molar-refractivity contribution in [3.63, 3.8) is 0 Å². The van der Waals surface area contributed by atoms with Crippen LogP contribution in [0.3, 0.4) is 0 Å². The number of aromatic carboxylic acids is 1. The second-order valence-electron chi connectivity index (χ2n) is 4.21. The molecule has 7 nitrogen and oxygen atoms in total. The molecule has 0 aliphatic heterocycles. The first-order valence-corrected chi connectivity index (χ1v) is 6.34. The van der Waals surface area contributed by atoms with Crippen molar-refractivity contribution >= 4 is 11.9 Å². The van der Waals surface area contributed by atoms with E-state index in [-0.39, 0.29) is 17.2 Å². The monoisotopic (exact) mass is 297 g/mol. The van der Waals surface area contributed by atoms with E-state index in [1.807, 2.05) is 0 Å². The predicted octanol–water partition coefficient (Wildman–Crippen LogP) is 0.923. The number of carboxylic acids is 1. The number of carboxylic acid groups (broad SMARTS) is 1. The van der Waals surface area contributed by atoms with Gasteiger partial charge in [-0.2, -0.15) is 0 Å². The Kier molecular flexibility index (Phi) is 6.48. The third-order valence-electron chi connectivity index (χ3n) is 2.69. The van der Waals surface area contributed by atoms with E-state index in [0.717, 1.165) is 0 Å². The smallest absolute Gasteiger partial charge is 0.335 e. The molecular formula is C14H19NO6. The molecule has 2 N–H and O–H groups in total. The van der Waals surface area contributed by atoms with Crippen molar-refractivity contribution in [3.8, 4) is 11.5 Å². The molecular weight excluding hydrogens is 278 g/mol. The molecule has 0 radical (unpaired) electrons. The molecule has 0 bridgehead atoms. The number of hydrogen-bond acceptors (Lipinski definition) is 5. The molecule has 21 heavy (non-hydrogen) atoms. The summed E-state index contributed by atoms with van der Waals surface area (Å²) in [6.07, 6.45) is -0.744. The Morgan fingerprint density at radius 3 is 2.57 bits per heavy atom. The third kappa shape index (κ3) is 4.96. The number of methoxy groups -OCH3 is 2. The van der Waals surface area contributed by atoms with Crippen LogP contribution in [0.2, 0.25) is 0 Å². The number of ether oxygens (including phenoxy) is 3. The minimum absolute atomic E-state index is 0.0800. The molecule has 0 spiro atoms. The highest BCUT2D eigenvalue weighted by Gasteiger charge is 2.17. The maximum absolute atomic E-state index is 11.8. The number of hydrogen-bond donors (Lipinski definition) is 2. The Balaban J connectivity index is 2.73. The van der Waals surface area contributed by atoms with Crippen LogP contribution >= 0.6 is 0 Å². The highest BCUT2D eigenvalue weighted by molar-refractivity contribution is 5.88. The molecule has 0 fully saturated rings. The average molecular weight is 297 g/mol. The molecule has 1 amide bonds. The fraction of sp³-hybridized carbons (Fsp3) is 0.429. The Morgan fingerprint density at radius 2 is 2.00 bits per heavy atom. The number of carbonyl (C=O) groups excluding carboxylic acids is 1. The van der Waals surface area contributed by atoms with Crippen molar-refractivity contribution < 1.29 is 28.9 Å². The normalized spacial score (nSPS) is 11.6. The van der Waals surface area contributed by atoms with E-state index in [0.29, 0.717) is 18.9 Å². The van der Waals surface area contributed by atoms with E-state index in [2.05, 4.69) is 5.32 Å². The van der Waals surface area contributed by atoms with Crippen molar-refractivity contribution in [3.05, 3.63) is 23.8 Å². The van der Waals surface area contributed by atoms with Gasteiger partial charge in [-0.15, -0.1) is 0 Å². The van der Waals surface area contributed by atoms with Gasteiger partial charge in [0.1, 0.15) is 0 Å². The van der Waals surface area contributed by atoms with E-state index >= 15 is 0 Å². The molecule has 0 aromatic heterocycles. The highest BCUT2D eigenvalue weighted by atomic mass is 16.5. The summed E-state index contributed by atoms with van der Waals surface area (Å²) in [5, 5.41) is 11.6. The number of rotatable bonds is 8. The largest absolute Gasteiger partial charge is 0.493 e. The molecule has 7 heteroatoms. The SMILES string of the molecule is COCCNC(=O)C(C)Oc1ccc(C(=O)O)cc1OC. The number of amides is 1. The van der Waals surface area contributed by atoms with Crippen molar-refractivity contribution in [1.29, 1.82) is 0 Å². The quantitative estimate of drug-likeness (QED) is 0.693. The molecule has 0 aliphatic carbocycles. The van der Waals surface area contributed by atoms with Gasteiger partial charge in [-0.05, 0) is 25.1 Å².